The van der Waals surface area contributed by atoms with E-state index in [1.54, 1.807) is 17.8 Å². The molecule has 0 fully saturated rings. The van der Waals surface area contributed by atoms with Crippen LogP contribution in [0.25, 0.3) is 11.3 Å². The zero-order chi connectivity index (χ0) is 10.7. The maximum atomic E-state index is 11.1. The molecular formula is C12H11NOS. The number of hydrogen-bond donors (Lipinski definition) is 1. The molecule has 15 heavy (non-hydrogen) atoms. The van der Waals surface area contributed by atoms with Gasteiger partial charge in [0, 0.05) is 16.7 Å². The van der Waals surface area contributed by atoms with Crippen LogP contribution in [0, 0.1) is 0 Å². The lowest BCUT2D eigenvalue weighted by Crippen LogP contribution is -2.03. The maximum absolute atomic E-state index is 11.1. The second-order valence-corrected chi connectivity index (χ2v) is 4.04. The van der Waals surface area contributed by atoms with Crippen molar-refractivity contribution in [1.82, 2.24) is 4.98 Å². The van der Waals surface area contributed by atoms with Crippen LogP contribution < -0.4 is 5.56 Å². The Bertz CT molecular complexity index is 502. The summed E-state index contributed by atoms with van der Waals surface area (Å²) < 4.78 is 0. The number of pyridine rings is 1. The highest BCUT2D eigenvalue weighted by molar-refractivity contribution is 7.98. The Morgan fingerprint density at radius 1 is 1.07 bits per heavy atom. The van der Waals surface area contributed by atoms with Crippen molar-refractivity contribution < 1.29 is 0 Å². The Balaban J connectivity index is 2.41. The number of benzene rings is 1. The van der Waals surface area contributed by atoms with Gasteiger partial charge < -0.3 is 4.98 Å². The lowest BCUT2D eigenvalue weighted by molar-refractivity contribution is 1.24. The van der Waals surface area contributed by atoms with Crippen molar-refractivity contribution in [3.63, 3.8) is 0 Å². The fourth-order valence-corrected chi connectivity index (χ4v) is 1.80. The second-order valence-electron chi connectivity index (χ2n) is 3.16. The van der Waals surface area contributed by atoms with Crippen LogP contribution in [0.2, 0.25) is 0 Å². The van der Waals surface area contributed by atoms with Crippen LogP contribution in [0.15, 0.2) is 52.2 Å². The third kappa shape index (κ3) is 2.30. The van der Waals surface area contributed by atoms with E-state index in [4.69, 9.17) is 0 Å². The molecule has 1 heterocycles. The van der Waals surface area contributed by atoms with Crippen molar-refractivity contribution in [2.45, 2.75) is 4.90 Å². The molecule has 0 unspecified atom stereocenters. The molecule has 0 amide bonds. The molecule has 0 aliphatic carbocycles. The molecule has 2 aromatic rings. The van der Waals surface area contributed by atoms with E-state index in [0.29, 0.717) is 0 Å². The summed E-state index contributed by atoms with van der Waals surface area (Å²) >= 11 is 1.70. The third-order valence-corrected chi connectivity index (χ3v) is 2.91. The van der Waals surface area contributed by atoms with E-state index in [2.05, 4.69) is 4.98 Å². The van der Waals surface area contributed by atoms with Gasteiger partial charge in [-0.25, -0.2) is 0 Å². The van der Waals surface area contributed by atoms with Gasteiger partial charge in [-0.1, -0.05) is 18.2 Å². The van der Waals surface area contributed by atoms with Crippen LogP contribution >= 0.6 is 11.8 Å². The van der Waals surface area contributed by atoms with Gasteiger partial charge in [-0.2, -0.15) is 0 Å². The van der Waals surface area contributed by atoms with Gasteiger partial charge >= 0.3 is 0 Å². The first-order valence-electron chi connectivity index (χ1n) is 4.63. The summed E-state index contributed by atoms with van der Waals surface area (Å²) in [6.07, 6.45) is 2.04. The Morgan fingerprint density at radius 2 is 1.80 bits per heavy atom. The summed E-state index contributed by atoms with van der Waals surface area (Å²) in [7, 11) is 0. The van der Waals surface area contributed by atoms with Crippen LogP contribution in [0.1, 0.15) is 0 Å². The van der Waals surface area contributed by atoms with Crippen LogP contribution in [0.5, 0.6) is 0 Å². The smallest absolute Gasteiger partial charge is 0.248 e. The molecule has 0 saturated carbocycles. The highest BCUT2D eigenvalue weighted by Gasteiger charge is 1.97. The average molecular weight is 217 g/mol. The lowest BCUT2D eigenvalue weighted by Gasteiger charge is -2.01. The van der Waals surface area contributed by atoms with Gasteiger partial charge in [-0.3, -0.25) is 4.79 Å². The van der Waals surface area contributed by atoms with Crippen LogP contribution in [0.3, 0.4) is 0 Å². The minimum Gasteiger partial charge on any atom is -0.322 e. The van der Waals surface area contributed by atoms with Crippen molar-refractivity contribution in [2.75, 3.05) is 6.26 Å². The van der Waals surface area contributed by atoms with Gasteiger partial charge in [0.2, 0.25) is 5.56 Å². The SMILES string of the molecule is CSc1ccc(-c2cccc(=O)[nH]2)cc1. The fraction of sp³-hybridized carbons (Fsp3) is 0.0833. The summed E-state index contributed by atoms with van der Waals surface area (Å²) in [5.41, 5.74) is 1.82. The molecule has 2 rings (SSSR count). The van der Waals surface area contributed by atoms with Crippen LogP contribution in [-0.4, -0.2) is 11.2 Å². The highest BCUT2D eigenvalue weighted by Crippen LogP contribution is 2.20. The van der Waals surface area contributed by atoms with Gasteiger partial charge in [-0.15, -0.1) is 11.8 Å². The van der Waals surface area contributed by atoms with E-state index >= 15 is 0 Å². The molecule has 0 atom stereocenters. The number of hydrogen-bond acceptors (Lipinski definition) is 2. The van der Waals surface area contributed by atoms with Gasteiger partial charge in [0.05, 0.1) is 0 Å². The first kappa shape index (κ1) is 10.1. The molecule has 0 aliphatic heterocycles. The highest BCUT2D eigenvalue weighted by atomic mass is 32.2. The molecule has 76 valence electrons. The number of rotatable bonds is 2. The molecule has 0 radical (unpaired) electrons. The fourth-order valence-electron chi connectivity index (χ4n) is 1.39. The Labute approximate surface area is 92.4 Å². The van der Waals surface area contributed by atoms with Crippen molar-refractivity contribution >= 4 is 11.8 Å². The molecule has 0 bridgehead atoms. The Kier molecular flexibility index (Phi) is 2.92. The first-order valence-corrected chi connectivity index (χ1v) is 5.86. The summed E-state index contributed by atoms with van der Waals surface area (Å²) in [4.78, 5) is 15.1. The van der Waals surface area contributed by atoms with Gasteiger partial charge in [0.15, 0.2) is 0 Å². The van der Waals surface area contributed by atoms with Crippen molar-refractivity contribution in [2.24, 2.45) is 0 Å². The summed E-state index contributed by atoms with van der Waals surface area (Å²) in [6.45, 7) is 0. The molecule has 1 aromatic heterocycles. The molecule has 0 saturated heterocycles. The van der Waals surface area contributed by atoms with Crippen LogP contribution in [-0.2, 0) is 0 Å². The molecule has 0 aliphatic rings. The predicted octanol–water partition coefficient (Wildman–Crippen LogP) is 2.76. The van der Waals surface area contributed by atoms with E-state index in [0.717, 1.165) is 11.3 Å². The summed E-state index contributed by atoms with van der Waals surface area (Å²) in [5.74, 6) is 0. The predicted molar refractivity (Wildman–Crippen MR) is 64.3 cm³/mol. The number of aromatic nitrogens is 1. The molecule has 1 N–H and O–H groups in total. The van der Waals surface area contributed by atoms with Crippen molar-refractivity contribution in [3.05, 3.63) is 52.8 Å². The molecule has 0 spiro atoms. The number of H-pyrrole nitrogens is 1. The van der Waals surface area contributed by atoms with Crippen molar-refractivity contribution in [1.29, 1.82) is 0 Å². The molecular weight excluding hydrogens is 206 g/mol. The average Bonchev–Trinajstić information content (AvgIpc) is 2.29. The van der Waals surface area contributed by atoms with E-state index in [9.17, 15) is 4.79 Å². The van der Waals surface area contributed by atoms with Crippen LogP contribution in [0.4, 0.5) is 0 Å². The minimum absolute atomic E-state index is 0.0681. The number of aromatic amines is 1. The van der Waals surface area contributed by atoms with Crippen molar-refractivity contribution in [3.8, 4) is 11.3 Å². The Morgan fingerprint density at radius 3 is 2.40 bits per heavy atom. The summed E-state index contributed by atoms with van der Waals surface area (Å²) in [5, 5.41) is 0. The number of thioether (sulfide) groups is 1. The van der Waals surface area contributed by atoms with Gasteiger partial charge in [0.25, 0.3) is 0 Å². The molecule has 1 aromatic carbocycles. The maximum Gasteiger partial charge on any atom is 0.248 e. The Hall–Kier alpha value is -1.48. The van der Waals surface area contributed by atoms with E-state index < -0.39 is 0 Å². The molecule has 3 heteroatoms. The van der Waals surface area contributed by atoms with E-state index in [1.165, 1.54) is 11.0 Å². The number of nitrogens with one attached hydrogen (secondary N) is 1. The summed E-state index contributed by atoms with van der Waals surface area (Å²) in [6, 6.07) is 13.3. The monoisotopic (exact) mass is 217 g/mol. The quantitative estimate of drug-likeness (QED) is 0.785. The second kappa shape index (κ2) is 4.36. The van der Waals surface area contributed by atoms with Gasteiger partial charge in [-0.05, 0) is 30.0 Å². The minimum atomic E-state index is -0.0681. The standard InChI is InChI=1S/C12H11NOS/c1-15-10-7-5-9(6-8-10)11-3-2-4-12(14)13-11/h2-8H,1H3,(H,13,14). The zero-order valence-electron chi connectivity index (χ0n) is 8.36. The van der Waals surface area contributed by atoms with E-state index in [-0.39, 0.29) is 5.56 Å². The lowest BCUT2D eigenvalue weighted by atomic mass is 10.1. The van der Waals surface area contributed by atoms with E-state index in [1.807, 2.05) is 36.6 Å². The topological polar surface area (TPSA) is 32.9 Å². The normalized spacial score (nSPS) is 10.2. The zero-order valence-corrected chi connectivity index (χ0v) is 9.17. The largest absolute Gasteiger partial charge is 0.322 e. The molecule has 2 nitrogen and oxygen atoms in total. The third-order valence-electron chi connectivity index (χ3n) is 2.17. The first-order chi connectivity index (χ1) is 7.29. The van der Waals surface area contributed by atoms with Gasteiger partial charge in [0.1, 0.15) is 0 Å².